The highest BCUT2D eigenvalue weighted by atomic mass is 35.5. The number of rotatable bonds is 5. The van der Waals surface area contributed by atoms with Crippen molar-refractivity contribution in [1.82, 2.24) is 4.57 Å². The zero-order valence-electron chi connectivity index (χ0n) is 16.5. The molecule has 2 fully saturated rings. The first-order valence-electron chi connectivity index (χ1n) is 10.0. The van der Waals surface area contributed by atoms with Crippen LogP contribution in [0, 0.1) is 11.2 Å². The number of aromatic carboxylic acids is 1. The number of halogens is 2. The van der Waals surface area contributed by atoms with Crippen LogP contribution in [0.1, 0.15) is 55.9 Å². The monoisotopic (exact) mass is 421 g/mol. The maximum Gasteiger partial charge on any atom is 0.341 e. The van der Waals surface area contributed by atoms with Crippen LogP contribution in [0.5, 0.6) is 0 Å². The highest BCUT2D eigenvalue weighted by Gasteiger charge is 2.43. The molecule has 2 aromatic rings. The fourth-order valence-electron chi connectivity index (χ4n) is 4.68. The zero-order valence-corrected chi connectivity index (χ0v) is 17.3. The van der Waals surface area contributed by atoms with E-state index in [9.17, 15) is 14.7 Å². The molecule has 8 heteroatoms. The summed E-state index contributed by atoms with van der Waals surface area (Å²) in [4.78, 5) is 26.1. The Bertz CT molecular complexity index is 1060. The van der Waals surface area contributed by atoms with Gasteiger partial charge in [-0.1, -0.05) is 25.4 Å². The molecule has 1 aromatic heterocycles. The highest BCUT2D eigenvalue weighted by Crippen LogP contribution is 2.45. The second-order valence-electron chi connectivity index (χ2n) is 8.29. The molecule has 6 nitrogen and oxygen atoms in total. The van der Waals surface area contributed by atoms with Gasteiger partial charge in [0.25, 0.3) is 0 Å². The van der Waals surface area contributed by atoms with E-state index in [-0.39, 0.29) is 39.2 Å². The summed E-state index contributed by atoms with van der Waals surface area (Å²) in [6.45, 7) is 5.24. The Kier molecular flexibility index (Phi) is 4.86. The van der Waals surface area contributed by atoms with Gasteiger partial charge in [0, 0.05) is 36.8 Å². The third kappa shape index (κ3) is 3.02. The van der Waals surface area contributed by atoms with Crippen LogP contribution in [0.4, 0.5) is 10.1 Å². The molecule has 1 saturated carbocycles. The number of fused-ring (bicyclic) bond motifs is 1. The molecule has 3 N–H and O–H groups in total. The summed E-state index contributed by atoms with van der Waals surface area (Å²) >= 11 is 6.71. The van der Waals surface area contributed by atoms with E-state index >= 15 is 4.39 Å². The van der Waals surface area contributed by atoms with Gasteiger partial charge in [0.1, 0.15) is 11.4 Å². The molecular weight excluding hydrogens is 397 g/mol. The van der Waals surface area contributed by atoms with E-state index in [4.69, 9.17) is 17.3 Å². The van der Waals surface area contributed by atoms with Gasteiger partial charge in [-0.05, 0) is 31.7 Å². The minimum absolute atomic E-state index is 0.00351. The number of nitrogens with two attached hydrogens (primary N) is 1. The normalized spacial score (nSPS) is 21.1. The van der Waals surface area contributed by atoms with Crippen LogP contribution in [0.15, 0.2) is 17.1 Å². The van der Waals surface area contributed by atoms with Crippen molar-refractivity contribution >= 4 is 34.2 Å². The van der Waals surface area contributed by atoms with Crippen LogP contribution < -0.4 is 16.1 Å². The van der Waals surface area contributed by atoms with E-state index in [0.717, 1.165) is 31.7 Å². The third-order valence-electron chi connectivity index (χ3n) is 6.79. The summed E-state index contributed by atoms with van der Waals surface area (Å²) in [7, 11) is 0. The van der Waals surface area contributed by atoms with Crippen molar-refractivity contribution in [2.24, 2.45) is 11.1 Å². The van der Waals surface area contributed by atoms with Crippen LogP contribution in [-0.2, 0) is 0 Å². The van der Waals surface area contributed by atoms with Crippen molar-refractivity contribution in [2.75, 3.05) is 18.0 Å². The molecule has 1 aliphatic carbocycles. The van der Waals surface area contributed by atoms with Gasteiger partial charge in [0.2, 0.25) is 5.43 Å². The molecule has 0 radical (unpaired) electrons. The highest BCUT2D eigenvalue weighted by molar-refractivity contribution is 6.38. The first-order chi connectivity index (χ1) is 13.7. The number of carbonyl (C=O) groups is 1. The second kappa shape index (κ2) is 6.99. The number of pyridine rings is 1. The summed E-state index contributed by atoms with van der Waals surface area (Å²) in [6.07, 6.45) is 4.83. The number of hydrogen-bond acceptors (Lipinski definition) is 4. The van der Waals surface area contributed by atoms with Crippen LogP contribution >= 0.6 is 11.6 Å². The topological polar surface area (TPSA) is 88.6 Å². The SMILES string of the molecule is CCC1(CC)CN(c2c(F)cc3c(=O)c(C(=O)O)cn(C4CC4)c3c2Cl)CC1N. The van der Waals surface area contributed by atoms with Gasteiger partial charge in [-0.25, -0.2) is 9.18 Å². The van der Waals surface area contributed by atoms with Crippen LogP contribution in [-0.4, -0.2) is 34.8 Å². The average Bonchev–Trinajstić information content (AvgIpc) is 3.46. The van der Waals surface area contributed by atoms with Gasteiger partial charge in [0.15, 0.2) is 0 Å². The number of carboxylic acids is 1. The van der Waals surface area contributed by atoms with Gasteiger partial charge < -0.3 is 20.3 Å². The van der Waals surface area contributed by atoms with Gasteiger partial charge in [-0.3, -0.25) is 4.79 Å². The maximum atomic E-state index is 15.2. The van der Waals surface area contributed by atoms with Gasteiger partial charge in [-0.2, -0.15) is 0 Å². The molecule has 1 saturated heterocycles. The quantitative estimate of drug-likeness (QED) is 0.766. The number of nitrogens with zero attached hydrogens (tertiary/aromatic N) is 2. The standard InChI is InChI=1S/C21H25ClFN3O3/c1-3-21(4-2)10-25(9-15(21)24)18-14(23)7-12-17(16(18)22)26(11-5-6-11)8-13(19(12)27)20(28)29/h7-8,11,15H,3-6,9-10,24H2,1-2H3,(H,28,29). The average molecular weight is 422 g/mol. The number of anilines is 1. The van der Waals surface area contributed by atoms with Crippen LogP contribution in [0.3, 0.4) is 0 Å². The van der Waals surface area contributed by atoms with E-state index in [0.29, 0.717) is 18.6 Å². The first kappa shape index (κ1) is 20.2. The summed E-state index contributed by atoms with van der Waals surface area (Å²) < 4.78 is 16.9. The van der Waals surface area contributed by atoms with Crippen molar-refractivity contribution in [3.8, 4) is 0 Å². The predicted octanol–water partition coefficient (Wildman–Crippen LogP) is 3.78. The van der Waals surface area contributed by atoms with E-state index in [1.165, 1.54) is 6.20 Å². The number of carboxylic acid groups (broad SMARTS) is 1. The fraction of sp³-hybridized carbons (Fsp3) is 0.524. The Morgan fingerprint density at radius 1 is 1.38 bits per heavy atom. The van der Waals surface area contributed by atoms with Crippen LogP contribution in [0.25, 0.3) is 10.9 Å². The van der Waals surface area contributed by atoms with Gasteiger partial charge in [0.05, 0.1) is 21.6 Å². The van der Waals surface area contributed by atoms with Gasteiger partial charge >= 0.3 is 5.97 Å². The zero-order chi connectivity index (χ0) is 21.1. The molecular formula is C21H25ClFN3O3. The lowest BCUT2D eigenvalue weighted by atomic mass is 9.78. The molecule has 1 aliphatic heterocycles. The molecule has 4 rings (SSSR count). The van der Waals surface area contributed by atoms with Gasteiger partial charge in [-0.15, -0.1) is 0 Å². The lowest BCUT2D eigenvalue weighted by Gasteiger charge is -2.30. The number of hydrogen-bond donors (Lipinski definition) is 2. The second-order valence-corrected chi connectivity index (χ2v) is 8.67. The van der Waals surface area contributed by atoms with E-state index < -0.39 is 17.2 Å². The summed E-state index contributed by atoms with van der Waals surface area (Å²) in [5, 5.41) is 9.55. The predicted molar refractivity (Wildman–Crippen MR) is 112 cm³/mol. The maximum absolute atomic E-state index is 15.2. The first-order valence-corrected chi connectivity index (χ1v) is 10.4. The van der Waals surface area contributed by atoms with Crippen molar-refractivity contribution < 1.29 is 14.3 Å². The molecule has 0 bridgehead atoms. The van der Waals surface area contributed by atoms with E-state index in [1.807, 2.05) is 4.90 Å². The van der Waals surface area contributed by atoms with E-state index in [1.54, 1.807) is 4.57 Å². The molecule has 0 amide bonds. The Morgan fingerprint density at radius 2 is 2.03 bits per heavy atom. The molecule has 1 unspecified atom stereocenters. The Balaban J connectivity index is 1.94. The summed E-state index contributed by atoms with van der Waals surface area (Å²) in [5.74, 6) is -1.95. The van der Waals surface area contributed by atoms with Crippen molar-refractivity contribution in [1.29, 1.82) is 0 Å². The number of benzene rings is 1. The number of aromatic nitrogens is 1. The molecule has 0 spiro atoms. The van der Waals surface area contributed by atoms with E-state index in [2.05, 4.69) is 13.8 Å². The molecule has 2 aliphatic rings. The fourth-order valence-corrected chi connectivity index (χ4v) is 5.08. The van der Waals surface area contributed by atoms with Crippen molar-refractivity contribution in [3.05, 3.63) is 38.9 Å². The minimum atomic E-state index is -1.33. The molecule has 156 valence electrons. The smallest absolute Gasteiger partial charge is 0.341 e. The molecule has 1 aromatic carbocycles. The Morgan fingerprint density at radius 3 is 2.55 bits per heavy atom. The lowest BCUT2D eigenvalue weighted by Crippen LogP contribution is -2.39. The minimum Gasteiger partial charge on any atom is -0.477 e. The Hall–Kier alpha value is -2.12. The van der Waals surface area contributed by atoms with Crippen molar-refractivity contribution in [2.45, 2.75) is 51.6 Å². The largest absolute Gasteiger partial charge is 0.477 e. The third-order valence-corrected chi connectivity index (χ3v) is 7.15. The summed E-state index contributed by atoms with van der Waals surface area (Å²) in [5.41, 5.74) is 5.86. The molecule has 1 atom stereocenters. The van der Waals surface area contributed by atoms with Crippen molar-refractivity contribution in [3.63, 3.8) is 0 Å². The molecule has 2 heterocycles. The molecule has 29 heavy (non-hydrogen) atoms. The lowest BCUT2D eigenvalue weighted by molar-refractivity contribution is 0.0695. The summed E-state index contributed by atoms with van der Waals surface area (Å²) in [6, 6.07) is 1.09. The van der Waals surface area contributed by atoms with Crippen LogP contribution in [0.2, 0.25) is 5.02 Å². The Labute approximate surface area is 173 Å².